The van der Waals surface area contributed by atoms with E-state index in [0.29, 0.717) is 17.3 Å². The van der Waals surface area contributed by atoms with Crippen LogP contribution in [0, 0.1) is 5.82 Å². The predicted molar refractivity (Wildman–Crippen MR) is 103 cm³/mol. The summed E-state index contributed by atoms with van der Waals surface area (Å²) in [5.41, 5.74) is 1.53. The van der Waals surface area contributed by atoms with Crippen LogP contribution in [0.5, 0.6) is 11.5 Å². The van der Waals surface area contributed by atoms with E-state index in [9.17, 15) is 9.18 Å². The lowest BCUT2D eigenvalue weighted by Gasteiger charge is -2.20. The molecule has 1 unspecified atom stereocenters. The van der Waals surface area contributed by atoms with Gasteiger partial charge in [-0.05, 0) is 35.4 Å². The number of aromatic nitrogens is 2. The number of rotatable bonds is 7. The molecule has 0 bridgehead atoms. The van der Waals surface area contributed by atoms with E-state index in [1.165, 1.54) is 12.1 Å². The number of ether oxygens (including phenoxy) is 2. The molecule has 7 heteroatoms. The Kier molecular flexibility index (Phi) is 5.93. The summed E-state index contributed by atoms with van der Waals surface area (Å²) < 4.78 is 25.6. The number of methoxy groups -OCH3 is 2. The minimum absolute atomic E-state index is 0.133. The van der Waals surface area contributed by atoms with E-state index in [2.05, 4.69) is 10.3 Å². The van der Waals surface area contributed by atoms with Gasteiger partial charge < -0.3 is 19.4 Å². The number of carbonyl (C=O) groups excluding carboxylic acids is 1. The molecule has 2 aromatic carbocycles. The summed E-state index contributed by atoms with van der Waals surface area (Å²) in [6, 6.07) is 10.9. The number of amides is 1. The van der Waals surface area contributed by atoms with Crippen molar-refractivity contribution in [1.29, 1.82) is 0 Å². The molecule has 0 fully saturated rings. The van der Waals surface area contributed by atoms with Gasteiger partial charge in [-0.25, -0.2) is 9.37 Å². The third-order valence-corrected chi connectivity index (χ3v) is 4.44. The third kappa shape index (κ3) is 4.31. The SMILES string of the molecule is COc1ccc(C(NC(=O)Cc2ccc(F)cc2)c2nccn2C)cc1OC. The van der Waals surface area contributed by atoms with Crippen molar-refractivity contribution in [3.63, 3.8) is 0 Å². The van der Waals surface area contributed by atoms with Gasteiger partial charge in [0.25, 0.3) is 0 Å². The Labute approximate surface area is 162 Å². The van der Waals surface area contributed by atoms with Gasteiger partial charge in [0.2, 0.25) is 5.91 Å². The molecule has 146 valence electrons. The van der Waals surface area contributed by atoms with E-state index in [0.717, 1.165) is 11.1 Å². The number of nitrogens with zero attached hydrogens (tertiary/aromatic N) is 2. The second kappa shape index (κ2) is 8.56. The smallest absolute Gasteiger partial charge is 0.225 e. The average Bonchev–Trinajstić information content (AvgIpc) is 3.13. The van der Waals surface area contributed by atoms with Gasteiger partial charge in [0.05, 0.1) is 20.6 Å². The highest BCUT2D eigenvalue weighted by atomic mass is 19.1. The molecule has 3 aromatic rings. The molecule has 3 rings (SSSR count). The molecule has 0 aliphatic rings. The van der Waals surface area contributed by atoms with Crippen molar-refractivity contribution in [2.45, 2.75) is 12.5 Å². The van der Waals surface area contributed by atoms with Crippen molar-refractivity contribution >= 4 is 5.91 Å². The Bertz CT molecular complexity index is 954. The summed E-state index contributed by atoms with van der Waals surface area (Å²) in [6.45, 7) is 0. The molecule has 1 amide bonds. The molecule has 28 heavy (non-hydrogen) atoms. The first-order valence-corrected chi connectivity index (χ1v) is 8.74. The maximum Gasteiger partial charge on any atom is 0.225 e. The summed E-state index contributed by atoms with van der Waals surface area (Å²) in [7, 11) is 4.99. The maximum atomic E-state index is 13.1. The minimum Gasteiger partial charge on any atom is -0.493 e. The minimum atomic E-state index is -0.479. The van der Waals surface area contributed by atoms with E-state index in [4.69, 9.17) is 9.47 Å². The lowest BCUT2D eigenvalue weighted by atomic mass is 10.0. The lowest BCUT2D eigenvalue weighted by Crippen LogP contribution is -2.32. The number of hydrogen-bond donors (Lipinski definition) is 1. The predicted octanol–water partition coefficient (Wildman–Crippen LogP) is 3.02. The van der Waals surface area contributed by atoms with Crippen LogP contribution < -0.4 is 14.8 Å². The fourth-order valence-corrected chi connectivity index (χ4v) is 2.98. The highest BCUT2D eigenvalue weighted by Crippen LogP contribution is 2.31. The molecule has 1 heterocycles. The van der Waals surface area contributed by atoms with Crippen LogP contribution in [0.4, 0.5) is 4.39 Å². The van der Waals surface area contributed by atoms with Crippen LogP contribution in [-0.4, -0.2) is 29.7 Å². The van der Waals surface area contributed by atoms with E-state index in [1.807, 2.05) is 29.9 Å². The van der Waals surface area contributed by atoms with Gasteiger partial charge in [0.15, 0.2) is 11.5 Å². The first kappa shape index (κ1) is 19.4. The summed E-state index contributed by atoms with van der Waals surface area (Å²) in [4.78, 5) is 17.1. The molecule has 1 atom stereocenters. The first-order valence-electron chi connectivity index (χ1n) is 8.74. The van der Waals surface area contributed by atoms with Crippen LogP contribution in [0.25, 0.3) is 0 Å². The first-order chi connectivity index (χ1) is 13.5. The molecular formula is C21H22FN3O3. The third-order valence-electron chi connectivity index (χ3n) is 4.44. The molecule has 6 nitrogen and oxygen atoms in total. The number of carbonyl (C=O) groups is 1. The summed E-state index contributed by atoms with van der Waals surface area (Å²) >= 11 is 0. The normalized spacial score (nSPS) is 11.7. The van der Waals surface area contributed by atoms with Crippen molar-refractivity contribution in [3.05, 3.63) is 77.6 Å². The van der Waals surface area contributed by atoms with Crippen LogP contribution in [0.2, 0.25) is 0 Å². The lowest BCUT2D eigenvalue weighted by molar-refractivity contribution is -0.121. The van der Waals surface area contributed by atoms with Crippen LogP contribution >= 0.6 is 0 Å². The number of benzene rings is 2. The molecule has 1 aromatic heterocycles. The highest BCUT2D eigenvalue weighted by Gasteiger charge is 2.22. The Morgan fingerprint density at radius 3 is 2.46 bits per heavy atom. The second-order valence-corrected chi connectivity index (χ2v) is 6.31. The zero-order valence-electron chi connectivity index (χ0n) is 16.0. The second-order valence-electron chi connectivity index (χ2n) is 6.31. The molecule has 0 radical (unpaired) electrons. The molecule has 1 N–H and O–H groups in total. The van der Waals surface area contributed by atoms with Crippen LogP contribution in [0.1, 0.15) is 23.0 Å². The Balaban J connectivity index is 1.89. The Morgan fingerprint density at radius 2 is 1.86 bits per heavy atom. The topological polar surface area (TPSA) is 65.4 Å². The van der Waals surface area contributed by atoms with Crippen molar-refractivity contribution in [1.82, 2.24) is 14.9 Å². The number of nitrogens with one attached hydrogen (secondary N) is 1. The fraction of sp³-hybridized carbons (Fsp3) is 0.238. The van der Waals surface area contributed by atoms with Gasteiger partial charge in [-0.15, -0.1) is 0 Å². The van der Waals surface area contributed by atoms with Crippen LogP contribution in [-0.2, 0) is 18.3 Å². The maximum absolute atomic E-state index is 13.1. The highest BCUT2D eigenvalue weighted by molar-refractivity contribution is 5.79. The van der Waals surface area contributed by atoms with Gasteiger partial charge in [-0.2, -0.15) is 0 Å². The van der Waals surface area contributed by atoms with Crippen LogP contribution in [0.3, 0.4) is 0 Å². The largest absolute Gasteiger partial charge is 0.493 e. The Hall–Kier alpha value is -3.35. The summed E-state index contributed by atoms with van der Waals surface area (Å²) in [5, 5.41) is 3.02. The molecule has 0 aliphatic heterocycles. The van der Waals surface area contributed by atoms with Crippen molar-refractivity contribution in [3.8, 4) is 11.5 Å². The van der Waals surface area contributed by atoms with Crippen molar-refractivity contribution in [2.75, 3.05) is 14.2 Å². The summed E-state index contributed by atoms with van der Waals surface area (Å²) in [5.74, 6) is 1.31. The van der Waals surface area contributed by atoms with E-state index >= 15 is 0 Å². The Morgan fingerprint density at radius 1 is 1.14 bits per heavy atom. The van der Waals surface area contributed by atoms with Crippen molar-refractivity contribution < 1.29 is 18.7 Å². The van der Waals surface area contributed by atoms with Gasteiger partial charge in [0.1, 0.15) is 17.7 Å². The van der Waals surface area contributed by atoms with Gasteiger partial charge in [0, 0.05) is 19.4 Å². The number of aryl methyl sites for hydroxylation is 1. The van der Waals surface area contributed by atoms with Crippen LogP contribution in [0.15, 0.2) is 54.9 Å². The van der Waals surface area contributed by atoms with E-state index in [-0.39, 0.29) is 18.1 Å². The number of halogens is 1. The number of imidazole rings is 1. The monoisotopic (exact) mass is 383 g/mol. The van der Waals surface area contributed by atoms with E-state index in [1.54, 1.807) is 38.6 Å². The molecule has 0 spiro atoms. The summed E-state index contributed by atoms with van der Waals surface area (Å²) in [6.07, 6.45) is 3.62. The number of hydrogen-bond acceptors (Lipinski definition) is 4. The van der Waals surface area contributed by atoms with Crippen molar-refractivity contribution in [2.24, 2.45) is 7.05 Å². The molecule has 0 aliphatic carbocycles. The van der Waals surface area contributed by atoms with Gasteiger partial charge >= 0.3 is 0 Å². The molecular weight excluding hydrogens is 361 g/mol. The molecule has 0 saturated heterocycles. The van der Waals surface area contributed by atoms with Gasteiger partial charge in [-0.3, -0.25) is 4.79 Å². The fourth-order valence-electron chi connectivity index (χ4n) is 2.98. The molecule has 0 saturated carbocycles. The zero-order valence-corrected chi connectivity index (χ0v) is 16.0. The van der Waals surface area contributed by atoms with Gasteiger partial charge in [-0.1, -0.05) is 18.2 Å². The standard InChI is InChI=1S/C21H22FN3O3/c1-25-11-10-23-21(25)20(15-6-9-17(27-2)18(13-15)28-3)24-19(26)12-14-4-7-16(22)8-5-14/h4-11,13,20H,12H2,1-3H3,(H,24,26). The zero-order chi connectivity index (χ0) is 20.1. The van der Waals surface area contributed by atoms with E-state index < -0.39 is 6.04 Å². The quantitative estimate of drug-likeness (QED) is 0.681. The average molecular weight is 383 g/mol.